The Balaban J connectivity index is 0.00000200. The minimum Gasteiger partial charge on any atom is -0.309 e. The lowest BCUT2D eigenvalue weighted by Crippen LogP contribution is -2.18. The van der Waals surface area contributed by atoms with Crippen LogP contribution in [0.3, 0.4) is 0 Å². The van der Waals surface area contributed by atoms with Crippen LogP contribution in [0.25, 0.3) is 0 Å². The van der Waals surface area contributed by atoms with Crippen molar-refractivity contribution in [2.75, 3.05) is 0 Å². The summed E-state index contributed by atoms with van der Waals surface area (Å²) in [4.78, 5) is 0. The molecule has 0 spiro atoms. The summed E-state index contributed by atoms with van der Waals surface area (Å²) < 4.78 is 37.3. The number of aromatic nitrogens is 2. The molecule has 1 N–H and O–H groups in total. The first-order chi connectivity index (χ1) is 9.03. The van der Waals surface area contributed by atoms with Crippen LogP contribution in [0.1, 0.15) is 11.1 Å². The molecule has 0 unspecified atom stereocenters. The van der Waals surface area contributed by atoms with Crippen LogP contribution in [0.4, 0.5) is 13.2 Å². The van der Waals surface area contributed by atoms with Crippen LogP contribution >= 0.6 is 12.4 Å². The highest BCUT2D eigenvalue weighted by Crippen LogP contribution is 2.17. The second-order valence-corrected chi connectivity index (χ2v) is 4.25. The summed E-state index contributed by atoms with van der Waals surface area (Å²) in [5.41, 5.74) is 1.87. The first kappa shape index (κ1) is 16.5. The number of halogens is 4. The van der Waals surface area contributed by atoms with Gasteiger partial charge < -0.3 is 5.32 Å². The molecule has 2 rings (SSSR count). The molecule has 0 aliphatic heterocycles. The van der Waals surface area contributed by atoms with Gasteiger partial charge in [-0.2, -0.15) is 18.3 Å². The second kappa shape index (κ2) is 7.31. The van der Waals surface area contributed by atoms with Gasteiger partial charge in [-0.05, 0) is 5.56 Å². The standard InChI is InChI=1S/C13H14F3N3.ClH/c14-13(15,16)10-19-9-12(8-18-19)7-17-6-11-4-2-1-3-5-11;/h1-5,8-9,17H,6-7,10H2;1H. The fraction of sp³-hybridized carbons (Fsp3) is 0.308. The van der Waals surface area contributed by atoms with Gasteiger partial charge in [0, 0.05) is 24.8 Å². The molecule has 0 fully saturated rings. The molecule has 0 radical (unpaired) electrons. The Morgan fingerprint density at radius 1 is 1.05 bits per heavy atom. The number of rotatable bonds is 5. The summed E-state index contributed by atoms with van der Waals surface area (Å²) in [5.74, 6) is 0. The Bertz CT molecular complexity index is 511. The molecule has 0 saturated heterocycles. The zero-order chi connectivity index (χ0) is 13.7. The third-order valence-corrected chi connectivity index (χ3v) is 2.53. The lowest BCUT2D eigenvalue weighted by atomic mass is 10.2. The Kier molecular flexibility index (Phi) is 6.04. The minimum absolute atomic E-state index is 0. The van der Waals surface area contributed by atoms with Crippen molar-refractivity contribution >= 4 is 12.4 Å². The average molecular weight is 306 g/mol. The van der Waals surface area contributed by atoms with Crippen LogP contribution in [0, 0.1) is 0 Å². The van der Waals surface area contributed by atoms with Crippen molar-refractivity contribution in [3.05, 3.63) is 53.9 Å². The van der Waals surface area contributed by atoms with E-state index in [1.54, 1.807) is 0 Å². The highest BCUT2D eigenvalue weighted by molar-refractivity contribution is 5.85. The molecule has 1 aromatic heterocycles. The van der Waals surface area contributed by atoms with Crippen LogP contribution in [-0.4, -0.2) is 16.0 Å². The van der Waals surface area contributed by atoms with E-state index in [2.05, 4.69) is 10.4 Å². The number of alkyl halides is 3. The van der Waals surface area contributed by atoms with E-state index in [4.69, 9.17) is 0 Å². The average Bonchev–Trinajstić information content (AvgIpc) is 2.76. The van der Waals surface area contributed by atoms with Gasteiger partial charge in [0.1, 0.15) is 6.54 Å². The molecule has 1 heterocycles. The van der Waals surface area contributed by atoms with Crippen LogP contribution in [0.2, 0.25) is 0 Å². The van der Waals surface area contributed by atoms with E-state index in [0.717, 1.165) is 15.8 Å². The fourth-order valence-electron chi connectivity index (χ4n) is 1.71. The van der Waals surface area contributed by atoms with E-state index in [1.165, 1.54) is 12.4 Å². The van der Waals surface area contributed by atoms with Crippen LogP contribution in [0.5, 0.6) is 0 Å². The van der Waals surface area contributed by atoms with E-state index in [1.807, 2.05) is 30.3 Å². The maximum atomic E-state index is 12.1. The van der Waals surface area contributed by atoms with Crippen molar-refractivity contribution in [2.24, 2.45) is 0 Å². The molecular formula is C13H15ClF3N3. The van der Waals surface area contributed by atoms with Crippen LogP contribution in [-0.2, 0) is 19.6 Å². The van der Waals surface area contributed by atoms with E-state index >= 15 is 0 Å². The lowest BCUT2D eigenvalue weighted by molar-refractivity contribution is -0.142. The molecule has 0 aliphatic rings. The van der Waals surface area contributed by atoms with Crippen molar-refractivity contribution < 1.29 is 13.2 Å². The summed E-state index contributed by atoms with van der Waals surface area (Å²) in [7, 11) is 0. The molecule has 1 aromatic carbocycles. The smallest absolute Gasteiger partial charge is 0.309 e. The Morgan fingerprint density at radius 2 is 1.70 bits per heavy atom. The number of hydrogen-bond donors (Lipinski definition) is 1. The normalized spacial score (nSPS) is 11.2. The van der Waals surface area contributed by atoms with Crippen LogP contribution in [0.15, 0.2) is 42.7 Å². The van der Waals surface area contributed by atoms with E-state index in [9.17, 15) is 13.2 Å². The fourth-order valence-corrected chi connectivity index (χ4v) is 1.71. The highest BCUT2D eigenvalue weighted by atomic mass is 35.5. The summed E-state index contributed by atoms with van der Waals surface area (Å²) in [6.07, 6.45) is -1.38. The van der Waals surface area contributed by atoms with Gasteiger partial charge in [-0.3, -0.25) is 4.68 Å². The lowest BCUT2D eigenvalue weighted by Gasteiger charge is -2.05. The van der Waals surface area contributed by atoms with E-state index in [-0.39, 0.29) is 12.4 Å². The number of nitrogens with one attached hydrogen (secondary N) is 1. The number of benzene rings is 1. The molecule has 0 bridgehead atoms. The molecule has 3 nitrogen and oxygen atoms in total. The molecule has 0 aliphatic carbocycles. The predicted molar refractivity (Wildman–Crippen MR) is 72.5 cm³/mol. The summed E-state index contributed by atoms with van der Waals surface area (Å²) >= 11 is 0. The molecule has 0 saturated carbocycles. The van der Waals surface area contributed by atoms with Gasteiger partial charge in [0.05, 0.1) is 6.20 Å². The third kappa shape index (κ3) is 5.63. The maximum absolute atomic E-state index is 12.1. The predicted octanol–water partition coefficient (Wildman–Crippen LogP) is 3.16. The van der Waals surface area contributed by atoms with Crippen molar-refractivity contribution in [2.45, 2.75) is 25.8 Å². The zero-order valence-corrected chi connectivity index (χ0v) is 11.4. The SMILES string of the molecule is Cl.FC(F)(F)Cn1cc(CNCc2ccccc2)cn1. The summed E-state index contributed by atoms with van der Waals surface area (Å²) in [6, 6.07) is 9.79. The first-order valence-corrected chi connectivity index (χ1v) is 5.86. The summed E-state index contributed by atoms with van der Waals surface area (Å²) in [5, 5.41) is 6.84. The number of nitrogens with zero attached hydrogens (tertiary/aromatic N) is 2. The highest BCUT2D eigenvalue weighted by Gasteiger charge is 2.28. The summed E-state index contributed by atoms with van der Waals surface area (Å²) in [6.45, 7) is 0.115. The number of hydrogen-bond acceptors (Lipinski definition) is 2. The third-order valence-electron chi connectivity index (χ3n) is 2.53. The Morgan fingerprint density at radius 3 is 2.35 bits per heavy atom. The van der Waals surface area contributed by atoms with Crippen molar-refractivity contribution in [3.63, 3.8) is 0 Å². The van der Waals surface area contributed by atoms with Gasteiger partial charge in [0.2, 0.25) is 0 Å². The molecule has 0 atom stereocenters. The second-order valence-electron chi connectivity index (χ2n) is 4.25. The largest absolute Gasteiger partial charge is 0.408 e. The zero-order valence-electron chi connectivity index (χ0n) is 10.6. The molecule has 20 heavy (non-hydrogen) atoms. The topological polar surface area (TPSA) is 29.9 Å². The van der Waals surface area contributed by atoms with Gasteiger partial charge in [-0.15, -0.1) is 12.4 Å². The Labute approximate surface area is 121 Å². The first-order valence-electron chi connectivity index (χ1n) is 5.86. The van der Waals surface area contributed by atoms with Gasteiger partial charge in [0.25, 0.3) is 0 Å². The van der Waals surface area contributed by atoms with Gasteiger partial charge in [0.15, 0.2) is 0 Å². The van der Waals surface area contributed by atoms with Gasteiger partial charge in [-0.25, -0.2) is 0 Å². The van der Waals surface area contributed by atoms with Crippen molar-refractivity contribution in [1.29, 1.82) is 0 Å². The quantitative estimate of drug-likeness (QED) is 0.919. The van der Waals surface area contributed by atoms with Crippen LogP contribution < -0.4 is 5.32 Å². The molecule has 7 heteroatoms. The molecular weight excluding hydrogens is 291 g/mol. The molecule has 2 aromatic rings. The van der Waals surface area contributed by atoms with Crippen molar-refractivity contribution in [1.82, 2.24) is 15.1 Å². The monoisotopic (exact) mass is 305 g/mol. The molecule has 0 amide bonds. The van der Waals surface area contributed by atoms with Gasteiger partial charge >= 0.3 is 6.18 Å². The minimum atomic E-state index is -4.24. The van der Waals surface area contributed by atoms with Gasteiger partial charge in [-0.1, -0.05) is 30.3 Å². The molecule has 110 valence electrons. The maximum Gasteiger partial charge on any atom is 0.408 e. The van der Waals surface area contributed by atoms with E-state index in [0.29, 0.717) is 13.1 Å². The Hall–Kier alpha value is -1.53. The van der Waals surface area contributed by atoms with E-state index < -0.39 is 12.7 Å². The van der Waals surface area contributed by atoms with Crippen molar-refractivity contribution in [3.8, 4) is 0 Å².